The highest BCUT2D eigenvalue weighted by molar-refractivity contribution is 7.15. The molecule has 0 saturated heterocycles. The van der Waals surface area contributed by atoms with Crippen molar-refractivity contribution in [1.82, 2.24) is 10.3 Å². The smallest absolute Gasteiger partial charge is 0.186 e. The average molecular weight is 253 g/mol. The molecule has 1 aromatic heterocycles. The summed E-state index contributed by atoms with van der Waals surface area (Å²) >= 11 is 1.89. The monoisotopic (exact) mass is 253 g/mol. The fourth-order valence-corrected chi connectivity index (χ4v) is 3.89. The van der Waals surface area contributed by atoms with Gasteiger partial charge in [0.2, 0.25) is 0 Å². The molecule has 0 spiro atoms. The van der Waals surface area contributed by atoms with Gasteiger partial charge in [-0.3, -0.25) is 0 Å². The summed E-state index contributed by atoms with van der Waals surface area (Å²) < 4.78 is 0. The Morgan fingerprint density at radius 3 is 2.88 bits per heavy atom. The highest BCUT2D eigenvalue weighted by Gasteiger charge is 2.25. The molecular formula is C13H23N3S. The van der Waals surface area contributed by atoms with Crippen LogP contribution >= 0.6 is 11.3 Å². The van der Waals surface area contributed by atoms with Gasteiger partial charge in [-0.25, -0.2) is 4.98 Å². The van der Waals surface area contributed by atoms with Gasteiger partial charge in [-0.15, -0.1) is 11.3 Å². The number of nitrogens with zero attached hydrogens (tertiary/aromatic N) is 2. The van der Waals surface area contributed by atoms with Crippen LogP contribution in [0, 0.1) is 0 Å². The maximum atomic E-state index is 4.88. The molecule has 0 radical (unpaired) electrons. The molecule has 1 aromatic rings. The lowest BCUT2D eigenvalue weighted by molar-refractivity contribution is 0.489. The van der Waals surface area contributed by atoms with Gasteiger partial charge in [-0.1, -0.05) is 0 Å². The number of anilines is 1. The lowest BCUT2D eigenvalue weighted by Gasteiger charge is -2.24. The third-order valence-corrected chi connectivity index (χ3v) is 4.67. The molecule has 96 valence electrons. The number of aromatic nitrogens is 1. The zero-order chi connectivity index (χ0) is 12.4. The number of thiazole rings is 1. The van der Waals surface area contributed by atoms with Crippen LogP contribution in [-0.2, 0) is 6.42 Å². The highest BCUT2D eigenvalue weighted by Crippen LogP contribution is 2.36. The molecule has 1 unspecified atom stereocenters. The van der Waals surface area contributed by atoms with Gasteiger partial charge < -0.3 is 10.2 Å². The summed E-state index contributed by atoms with van der Waals surface area (Å²) in [5, 5.41) is 4.59. The fraction of sp³-hybridized carbons (Fsp3) is 0.769. The standard InChI is InChI=1S/C13H23N3S/c1-5-16(9(2)3)13-15-12-10(14-4)7-6-8-11(12)17-13/h9-10,14H,5-8H2,1-4H3. The molecular weight excluding hydrogens is 230 g/mol. The molecule has 0 bridgehead atoms. The van der Waals surface area contributed by atoms with E-state index in [0.717, 1.165) is 6.54 Å². The van der Waals surface area contributed by atoms with E-state index in [0.29, 0.717) is 12.1 Å². The van der Waals surface area contributed by atoms with Crippen molar-refractivity contribution in [3.05, 3.63) is 10.6 Å². The Hall–Kier alpha value is -0.610. The summed E-state index contributed by atoms with van der Waals surface area (Å²) in [4.78, 5) is 8.75. The van der Waals surface area contributed by atoms with E-state index in [2.05, 4.69) is 31.0 Å². The van der Waals surface area contributed by atoms with Gasteiger partial charge in [0.25, 0.3) is 0 Å². The summed E-state index contributed by atoms with van der Waals surface area (Å²) in [7, 11) is 2.04. The lowest BCUT2D eigenvalue weighted by Crippen LogP contribution is -2.30. The van der Waals surface area contributed by atoms with Crippen molar-refractivity contribution in [2.75, 3.05) is 18.5 Å². The van der Waals surface area contributed by atoms with Crippen molar-refractivity contribution >= 4 is 16.5 Å². The molecule has 2 rings (SSSR count). The minimum absolute atomic E-state index is 0.467. The number of aryl methyl sites for hydroxylation is 1. The maximum absolute atomic E-state index is 4.88. The van der Waals surface area contributed by atoms with Crippen molar-refractivity contribution in [1.29, 1.82) is 0 Å². The molecule has 1 N–H and O–H groups in total. The van der Waals surface area contributed by atoms with Gasteiger partial charge >= 0.3 is 0 Å². The molecule has 0 fully saturated rings. The second kappa shape index (κ2) is 5.36. The quantitative estimate of drug-likeness (QED) is 0.894. The second-order valence-corrected chi connectivity index (χ2v) is 5.98. The van der Waals surface area contributed by atoms with E-state index in [1.165, 1.54) is 35.0 Å². The third kappa shape index (κ3) is 2.47. The zero-order valence-corrected chi connectivity index (χ0v) is 12.1. The van der Waals surface area contributed by atoms with Crippen LogP contribution in [0.5, 0.6) is 0 Å². The Morgan fingerprint density at radius 2 is 2.29 bits per heavy atom. The molecule has 1 atom stereocenters. The number of rotatable bonds is 4. The number of hydrogen-bond donors (Lipinski definition) is 1. The summed E-state index contributed by atoms with van der Waals surface area (Å²) in [5.74, 6) is 0. The van der Waals surface area contributed by atoms with Gasteiger partial charge in [0.1, 0.15) is 0 Å². The van der Waals surface area contributed by atoms with E-state index in [-0.39, 0.29) is 0 Å². The van der Waals surface area contributed by atoms with Gasteiger partial charge in [-0.2, -0.15) is 0 Å². The predicted molar refractivity (Wildman–Crippen MR) is 75.0 cm³/mol. The normalized spacial score (nSPS) is 19.5. The zero-order valence-electron chi connectivity index (χ0n) is 11.3. The van der Waals surface area contributed by atoms with Crippen molar-refractivity contribution < 1.29 is 0 Å². The largest absolute Gasteiger partial charge is 0.346 e. The van der Waals surface area contributed by atoms with E-state index >= 15 is 0 Å². The predicted octanol–water partition coefficient (Wildman–Crippen LogP) is 2.97. The van der Waals surface area contributed by atoms with Crippen LogP contribution in [0.15, 0.2) is 0 Å². The van der Waals surface area contributed by atoms with Crippen molar-refractivity contribution in [3.63, 3.8) is 0 Å². The van der Waals surface area contributed by atoms with E-state index < -0.39 is 0 Å². The molecule has 3 nitrogen and oxygen atoms in total. The van der Waals surface area contributed by atoms with E-state index in [9.17, 15) is 0 Å². The molecule has 0 aliphatic heterocycles. The topological polar surface area (TPSA) is 28.2 Å². The molecule has 1 aliphatic carbocycles. The van der Waals surface area contributed by atoms with E-state index in [1.54, 1.807) is 0 Å². The number of nitrogens with one attached hydrogen (secondary N) is 1. The minimum Gasteiger partial charge on any atom is -0.346 e. The van der Waals surface area contributed by atoms with Crippen LogP contribution in [0.2, 0.25) is 0 Å². The van der Waals surface area contributed by atoms with Crippen LogP contribution < -0.4 is 10.2 Å². The van der Waals surface area contributed by atoms with E-state index in [4.69, 9.17) is 4.98 Å². The van der Waals surface area contributed by atoms with Crippen LogP contribution in [-0.4, -0.2) is 24.6 Å². The van der Waals surface area contributed by atoms with Crippen molar-refractivity contribution in [2.24, 2.45) is 0 Å². The second-order valence-electron chi connectivity index (χ2n) is 4.92. The summed E-state index contributed by atoms with van der Waals surface area (Å²) in [6, 6.07) is 0.996. The van der Waals surface area contributed by atoms with Gasteiger partial charge in [-0.05, 0) is 47.1 Å². The summed E-state index contributed by atoms with van der Waals surface area (Å²) in [6.07, 6.45) is 3.72. The molecule has 4 heteroatoms. The Labute approximate surface area is 108 Å². The molecule has 0 amide bonds. The van der Waals surface area contributed by atoms with Crippen molar-refractivity contribution in [3.8, 4) is 0 Å². The fourth-order valence-electron chi connectivity index (χ4n) is 2.53. The lowest BCUT2D eigenvalue weighted by atomic mass is 9.98. The SMILES string of the molecule is CCN(c1nc2c(s1)CCCC2NC)C(C)C. The summed E-state index contributed by atoms with van der Waals surface area (Å²) in [5.41, 5.74) is 1.30. The number of hydrogen-bond acceptors (Lipinski definition) is 4. The molecule has 17 heavy (non-hydrogen) atoms. The Kier molecular flexibility index (Phi) is 4.05. The first kappa shape index (κ1) is 12.8. The van der Waals surface area contributed by atoms with Gasteiger partial charge in [0.05, 0.1) is 11.7 Å². The van der Waals surface area contributed by atoms with Crippen LogP contribution in [0.4, 0.5) is 5.13 Å². The van der Waals surface area contributed by atoms with Crippen LogP contribution in [0.3, 0.4) is 0 Å². The Bertz CT molecular complexity index is 373. The first-order valence-corrected chi connectivity index (χ1v) is 7.42. The average Bonchev–Trinajstić information content (AvgIpc) is 2.72. The molecule has 0 aromatic carbocycles. The number of fused-ring (bicyclic) bond motifs is 1. The molecule has 1 heterocycles. The Morgan fingerprint density at radius 1 is 1.53 bits per heavy atom. The first-order chi connectivity index (χ1) is 8.17. The van der Waals surface area contributed by atoms with Crippen LogP contribution in [0.25, 0.3) is 0 Å². The highest BCUT2D eigenvalue weighted by atomic mass is 32.1. The van der Waals surface area contributed by atoms with Crippen molar-refractivity contribution in [2.45, 2.75) is 52.1 Å². The maximum Gasteiger partial charge on any atom is 0.186 e. The first-order valence-electron chi connectivity index (χ1n) is 6.60. The minimum atomic E-state index is 0.467. The van der Waals surface area contributed by atoms with Crippen LogP contribution in [0.1, 0.15) is 50.2 Å². The van der Waals surface area contributed by atoms with E-state index in [1.807, 2.05) is 18.4 Å². The molecule has 0 saturated carbocycles. The molecule has 1 aliphatic rings. The summed E-state index contributed by atoms with van der Waals surface area (Å²) in [6.45, 7) is 7.71. The van der Waals surface area contributed by atoms with Gasteiger partial charge in [0.15, 0.2) is 5.13 Å². The third-order valence-electron chi connectivity index (χ3n) is 3.50. The Balaban J connectivity index is 2.29. The van der Waals surface area contributed by atoms with Gasteiger partial charge in [0, 0.05) is 17.5 Å².